The Morgan fingerprint density at radius 1 is 1.19 bits per heavy atom. The molecule has 1 heterocycles. The van der Waals surface area contributed by atoms with Crippen LogP contribution in [0.1, 0.15) is 21.5 Å². The fourth-order valence-electron chi connectivity index (χ4n) is 2.37. The number of aryl methyl sites for hydroxylation is 2. The summed E-state index contributed by atoms with van der Waals surface area (Å²) in [4.78, 5) is 12.4. The number of amides is 1. The first-order valence-corrected chi connectivity index (χ1v) is 7.35. The molecule has 0 radical (unpaired) electrons. The Balaban J connectivity index is 1.92. The van der Waals surface area contributed by atoms with Gasteiger partial charge in [0.15, 0.2) is 0 Å². The van der Waals surface area contributed by atoms with Gasteiger partial charge in [-0.25, -0.2) is 0 Å². The zero-order valence-electron chi connectivity index (χ0n) is 11.7. The lowest BCUT2D eigenvalue weighted by molar-refractivity contribution is 0.102. The molecule has 5 heteroatoms. The Bertz CT molecular complexity index is 815. The maximum Gasteiger partial charge on any atom is 0.255 e. The van der Waals surface area contributed by atoms with E-state index in [0.717, 1.165) is 32.2 Å². The fourth-order valence-corrected chi connectivity index (χ4v) is 3.06. The van der Waals surface area contributed by atoms with Gasteiger partial charge in [0.05, 0.1) is 11.7 Å². The molecule has 3 rings (SSSR count). The van der Waals surface area contributed by atoms with Crippen LogP contribution < -0.4 is 5.32 Å². The molecule has 0 aliphatic rings. The highest BCUT2D eigenvalue weighted by atomic mass is 79.9. The normalized spacial score (nSPS) is 10.8. The van der Waals surface area contributed by atoms with Crippen LogP contribution in [0.15, 0.2) is 41.0 Å². The van der Waals surface area contributed by atoms with Crippen molar-refractivity contribution < 1.29 is 4.79 Å². The molecule has 0 saturated carbocycles. The number of halogens is 1. The first-order chi connectivity index (χ1) is 10.0. The largest absolute Gasteiger partial charge is 0.322 e. The second-order valence-electron chi connectivity index (χ2n) is 5.04. The molecular formula is C16H14BrN3O. The minimum Gasteiger partial charge on any atom is -0.322 e. The van der Waals surface area contributed by atoms with Crippen molar-refractivity contribution in [3.63, 3.8) is 0 Å². The van der Waals surface area contributed by atoms with Gasteiger partial charge in [-0.15, -0.1) is 0 Å². The Morgan fingerprint density at radius 3 is 2.62 bits per heavy atom. The van der Waals surface area contributed by atoms with Crippen molar-refractivity contribution in [1.29, 1.82) is 0 Å². The van der Waals surface area contributed by atoms with E-state index in [9.17, 15) is 4.79 Å². The number of benzene rings is 2. The zero-order valence-corrected chi connectivity index (χ0v) is 13.3. The van der Waals surface area contributed by atoms with Crippen LogP contribution >= 0.6 is 15.9 Å². The molecule has 0 fully saturated rings. The summed E-state index contributed by atoms with van der Waals surface area (Å²) in [5, 5.41) is 10.8. The summed E-state index contributed by atoms with van der Waals surface area (Å²) in [5.74, 6) is -0.125. The van der Waals surface area contributed by atoms with Crippen molar-refractivity contribution in [2.24, 2.45) is 0 Å². The zero-order chi connectivity index (χ0) is 15.0. The molecule has 0 aliphatic carbocycles. The highest BCUT2D eigenvalue weighted by Crippen LogP contribution is 2.25. The summed E-state index contributed by atoms with van der Waals surface area (Å²) in [5.41, 5.74) is 4.36. The highest BCUT2D eigenvalue weighted by Gasteiger charge is 2.11. The minimum absolute atomic E-state index is 0.125. The van der Waals surface area contributed by atoms with Crippen molar-refractivity contribution >= 4 is 38.4 Å². The molecule has 0 bridgehead atoms. The molecule has 0 saturated heterocycles. The van der Waals surface area contributed by atoms with Crippen molar-refractivity contribution in [3.8, 4) is 0 Å². The predicted octanol–water partition coefficient (Wildman–Crippen LogP) is 4.19. The van der Waals surface area contributed by atoms with Crippen LogP contribution in [-0.2, 0) is 0 Å². The fraction of sp³-hybridized carbons (Fsp3) is 0.125. The topological polar surface area (TPSA) is 57.8 Å². The molecule has 2 aromatic carbocycles. The lowest BCUT2D eigenvalue weighted by Gasteiger charge is -2.12. The monoisotopic (exact) mass is 343 g/mol. The van der Waals surface area contributed by atoms with Crippen LogP contribution in [-0.4, -0.2) is 16.1 Å². The van der Waals surface area contributed by atoms with Gasteiger partial charge in [-0.3, -0.25) is 9.89 Å². The minimum atomic E-state index is -0.125. The first kappa shape index (κ1) is 13.8. The van der Waals surface area contributed by atoms with Gasteiger partial charge in [-0.1, -0.05) is 22.0 Å². The molecule has 1 aromatic heterocycles. The number of fused-ring (bicyclic) bond motifs is 1. The van der Waals surface area contributed by atoms with Crippen LogP contribution in [0.5, 0.6) is 0 Å². The maximum absolute atomic E-state index is 12.4. The van der Waals surface area contributed by atoms with Gasteiger partial charge in [0.1, 0.15) is 0 Å². The van der Waals surface area contributed by atoms with Gasteiger partial charge in [0.2, 0.25) is 0 Å². The molecule has 2 N–H and O–H groups in total. The van der Waals surface area contributed by atoms with E-state index in [2.05, 4.69) is 31.4 Å². The smallest absolute Gasteiger partial charge is 0.255 e. The van der Waals surface area contributed by atoms with Gasteiger partial charge >= 0.3 is 0 Å². The highest BCUT2D eigenvalue weighted by molar-refractivity contribution is 9.10. The summed E-state index contributed by atoms with van der Waals surface area (Å²) in [7, 11) is 0. The number of carbonyl (C=O) groups is 1. The van der Waals surface area contributed by atoms with Crippen molar-refractivity contribution in [2.75, 3.05) is 5.32 Å². The number of nitrogens with one attached hydrogen (secondary N) is 2. The number of aromatic nitrogens is 2. The third-order valence-electron chi connectivity index (χ3n) is 3.44. The average molecular weight is 344 g/mol. The van der Waals surface area contributed by atoms with Crippen LogP contribution in [0.4, 0.5) is 5.69 Å². The summed E-state index contributed by atoms with van der Waals surface area (Å²) < 4.78 is 1.01. The lowest BCUT2D eigenvalue weighted by Crippen LogP contribution is -2.13. The number of anilines is 1. The lowest BCUT2D eigenvalue weighted by atomic mass is 10.1. The molecule has 0 aliphatic heterocycles. The van der Waals surface area contributed by atoms with E-state index in [1.165, 1.54) is 0 Å². The number of carbonyl (C=O) groups excluding carboxylic acids is 1. The van der Waals surface area contributed by atoms with E-state index < -0.39 is 0 Å². The Labute approximate surface area is 130 Å². The van der Waals surface area contributed by atoms with E-state index in [1.807, 2.05) is 32.0 Å². The van der Waals surface area contributed by atoms with Gasteiger partial charge in [-0.2, -0.15) is 5.10 Å². The van der Waals surface area contributed by atoms with Gasteiger partial charge in [-0.05, 0) is 49.2 Å². The van der Waals surface area contributed by atoms with Crippen molar-refractivity contribution in [1.82, 2.24) is 10.2 Å². The molecule has 0 spiro atoms. The number of rotatable bonds is 2. The van der Waals surface area contributed by atoms with E-state index in [1.54, 1.807) is 18.3 Å². The van der Waals surface area contributed by atoms with Crippen LogP contribution in [0, 0.1) is 13.8 Å². The third kappa shape index (κ3) is 2.69. The Hall–Kier alpha value is -2.14. The molecule has 0 atom stereocenters. The molecule has 3 aromatic rings. The maximum atomic E-state index is 12.4. The van der Waals surface area contributed by atoms with E-state index in [0.29, 0.717) is 5.56 Å². The molecule has 0 unspecified atom stereocenters. The Morgan fingerprint density at radius 2 is 1.90 bits per heavy atom. The number of hydrogen-bond donors (Lipinski definition) is 2. The van der Waals surface area contributed by atoms with Gasteiger partial charge in [0, 0.05) is 21.1 Å². The molecular weight excluding hydrogens is 330 g/mol. The van der Waals surface area contributed by atoms with Crippen LogP contribution in [0.3, 0.4) is 0 Å². The second-order valence-corrected chi connectivity index (χ2v) is 5.96. The SMILES string of the molecule is Cc1cc(Br)cc(C)c1NC(=O)c1ccc2cn[nH]c2c1. The quantitative estimate of drug-likeness (QED) is 0.732. The number of aromatic amines is 1. The summed E-state index contributed by atoms with van der Waals surface area (Å²) in [6, 6.07) is 9.47. The van der Waals surface area contributed by atoms with E-state index >= 15 is 0 Å². The Kier molecular flexibility index (Phi) is 3.51. The van der Waals surface area contributed by atoms with E-state index in [4.69, 9.17) is 0 Å². The number of H-pyrrole nitrogens is 1. The molecule has 4 nitrogen and oxygen atoms in total. The third-order valence-corrected chi connectivity index (χ3v) is 3.90. The molecule has 21 heavy (non-hydrogen) atoms. The van der Waals surface area contributed by atoms with E-state index in [-0.39, 0.29) is 5.91 Å². The van der Waals surface area contributed by atoms with Crippen molar-refractivity contribution in [3.05, 3.63) is 57.7 Å². The standard InChI is InChI=1S/C16H14BrN3O/c1-9-5-13(17)6-10(2)15(9)19-16(21)11-3-4-12-8-18-20-14(12)7-11/h3-8H,1-2H3,(H,18,20)(H,19,21). The number of hydrogen-bond acceptors (Lipinski definition) is 2. The predicted molar refractivity (Wildman–Crippen MR) is 87.7 cm³/mol. The van der Waals surface area contributed by atoms with Crippen LogP contribution in [0.25, 0.3) is 10.9 Å². The van der Waals surface area contributed by atoms with Crippen LogP contribution in [0.2, 0.25) is 0 Å². The first-order valence-electron chi connectivity index (χ1n) is 6.56. The van der Waals surface area contributed by atoms with Crippen molar-refractivity contribution in [2.45, 2.75) is 13.8 Å². The number of nitrogens with zero attached hydrogens (tertiary/aromatic N) is 1. The second kappa shape index (κ2) is 5.33. The summed E-state index contributed by atoms with van der Waals surface area (Å²) in [6.07, 6.45) is 1.74. The average Bonchev–Trinajstić information content (AvgIpc) is 2.89. The van der Waals surface area contributed by atoms with Gasteiger partial charge in [0.25, 0.3) is 5.91 Å². The molecule has 106 valence electrons. The molecule has 1 amide bonds. The summed E-state index contributed by atoms with van der Waals surface area (Å²) in [6.45, 7) is 3.96. The van der Waals surface area contributed by atoms with Gasteiger partial charge < -0.3 is 5.32 Å². The summed E-state index contributed by atoms with van der Waals surface area (Å²) >= 11 is 3.46.